The van der Waals surface area contributed by atoms with Gasteiger partial charge in [0.2, 0.25) is 5.91 Å². The average molecular weight is 369 g/mol. The van der Waals surface area contributed by atoms with Crippen molar-refractivity contribution in [1.29, 1.82) is 0 Å². The van der Waals surface area contributed by atoms with Crippen LogP contribution < -0.4 is 9.80 Å². The van der Waals surface area contributed by atoms with Crippen molar-refractivity contribution < 1.29 is 19.1 Å². The van der Waals surface area contributed by atoms with E-state index in [0.29, 0.717) is 31.9 Å². The minimum Gasteiger partial charge on any atom is -0.508 e. The SMILES string of the molecule is O=C1C[C@H](N2CCN(c3ccc(F)cc3)CC2)C(=O)N1c1ccc(O)cc1. The molecule has 27 heavy (non-hydrogen) atoms. The number of imide groups is 1. The first-order valence-electron chi connectivity index (χ1n) is 8.93. The van der Waals surface area contributed by atoms with Gasteiger partial charge in [-0.3, -0.25) is 14.5 Å². The number of hydrogen-bond donors (Lipinski definition) is 1. The summed E-state index contributed by atoms with van der Waals surface area (Å²) in [5.41, 5.74) is 1.44. The van der Waals surface area contributed by atoms with Crippen LogP contribution in [0.4, 0.5) is 15.8 Å². The predicted molar refractivity (Wildman–Crippen MR) is 99.2 cm³/mol. The second kappa shape index (κ2) is 7.00. The van der Waals surface area contributed by atoms with Crippen LogP contribution in [0.25, 0.3) is 0 Å². The number of halogens is 1. The molecule has 6 nitrogen and oxygen atoms in total. The van der Waals surface area contributed by atoms with Gasteiger partial charge in [0, 0.05) is 31.9 Å². The lowest BCUT2D eigenvalue weighted by Crippen LogP contribution is -2.52. The Morgan fingerprint density at radius 2 is 1.44 bits per heavy atom. The largest absolute Gasteiger partial charge is 0.508 e. The minimum atomic E-state index is -0.457. The van der Waals surface area contributed by atoms with Gasteiger partial charge in [-0.15, -0.1) is 0 Å². The zero-order valence-electron chi connectivity index (χ0n) is 14.7. The molecular weight excluding hydrogens is 349 g/mol. The molecular formula is C20H20FN3O3. The summed E-state index contributed by atoms with van der Waals surface area (Å²) in [5, 5.41) is 9.40. The monoisotopic (exact) mass is 369 g/mol. The highest BCUT2D eigenvalue weighted by atomic mass is 19.1. The Morgan fingerprint density at radius 3 is 2.07 bits per heavy atom. The fourth-order valence-corrected chi connectivity index (χ4v) is 3.72. The van der Waals surface area contributed by atoms with Crippen LogP contribution >= 0.6 is 0 Å². The zero-order valence-corrected chi connectivity index (χ0v) is 14.7. The van der Waals surface area contributed by atoms with E-state index in [9.17, 15) is 19.1 Å². The molecule has 2 aliphatic rings. The lowest BCUT2D eigenvalue weighted by atomic mass is 10.1. The molecule has 0 radical (unpaired) electrons. The topological polar surface area (TPSA) is 64.1 Å². The van der Waals surface area contributed by atoms with Gasteiger partial charge in [0.25, 0.3) is 5.91 Å². The molecule has 0 spiro atoms. The van der Waals surface area contributed by atoms with E-state index < -0.39 is 6.04 Å². The predicted octanol–water partition coefficient (Wildman–Crippen LogP) is 1.99. The maximum atomic E-state index is 13.1. The number of phenols is 1. The van der Waals surface area contributed by atoms with Crippen LogP contribution in [0.15, 0.2) is 48.5 Å². The number of hydrogen-bond acceptors (Lipinski definition) is 5. The Bertz CT molecular complexity index is 846. The van der Waals surface area contributed by atoms with Crippen LogP contribution in [-0.2, 0) is 9.59 Å². The first-order valence-corrected chi connectivity index (χ1v) is 8.93. The van der Waals surface area contributed by atoms with Gasteiger partial charge in [-0.05, 0) is 48.5 Å². The number of nitrogens with zero attached hydrogens (tertiary/aromatic N) is 3. The zero-order chi connectivity index (χ0) is 19.0. The minimum absolute atomic E-state index is 0.0892. The standard InChI is InChI=1S/C20H20FN3O3/c21-14-1-3-15(4-2-14)22-9-11-23(12-10-22)18-13-19(26)24(20(18)27)16-5-7-17(25)8-6-16/h1-8,18,25H,9-13H2/t18-/m0/s1. The first-order chi connectivity index (χ1) is 13.0. The summed E-state index contributed by atoms with van der Waals surface area (Å²) >= 11 is 0. The number of benzene rings is 2. The van der Waals surface area contributed by atoms with Gasteiger partial charge < -0.3 is 10.0 Å². The normalized spacial score (nSPS) is 21.1. The van der Waals surface area contributed by atoms with E-state index in [2.05, 4.69) is 4.90 Å². The van der Waals surface area contributed by atoms with E-state index in [1.807, 2.05) is 4.90 Å². The molecule has 2 aromatic rings. The van der Waals surface area contributed by atoms with Gasteiger partial charge in [0.15, 0.2) is 0 Å². The molecule has 0 aromatic heterocycles. The number of piperazine rings is 1. The van der Waals surface area contributed by atoms with Crippen molar-refractivity contribution in [2.24, 2.45) is 0 Å². The van der Waals surface area contributed by atoms with Crippen LogP contribution in [0.5, 0.6) is 5.75 Å². The molecule has 2 fully saturated rings. The number of carbonyl (C=O) groups is 2. The van der Waals surface area contributed by atoms with Gasteiger partial charge in [-0.25, -0.2) is 9.29 Å². The van der Waals surface area contributed by atoms with Crippen molar-refractivity contribution in [3.05, 3.63) is 54.3 Å². The summed E-state index contributed by atoms with van der Waals surface area (Å²) in [6, 6.07) is 12.0. The van der Waals surface area contributed by atoms with E-state index in [1.54, 1.807) is 24.3 Å². The quantitative estimate of drug-likeness (QED) is 0.839. The number of amides is 2. The van der Waals surface area contributed by atoms with Gasteiger partial charge >= 0.3 is 0 Å². The lowest BCUT2D eigenvalue weighted by Gasteiger charge is -2.38. The summed E-state index contributed by atoms with van der Waals surface area (Å²) in [7, 11) is 0. The van der Waals surface area contributed by atoms with Crippen LogP contribution in [-0.4, -0.2) is 54.0 Å². The van der Waals surface area contributed by atoms with Crippen LogP contribution in [0.1, 0.15) is 6.42 Å². The smallest absolute Gasteiger partial charge is 0.251 e. The lowest BCUT2D eigenvalue weighted by molar-refractivity contribution is -0.123. The van der Waals surface area contributed by atoms with Gasteiger partial charge in [0.05, 0.1) is 18.2 Å². The van der Waals surface area contributed by atoms with Crippen LogP contribution in [0.3, 0.4) is 0 Å². The Kier molecular flexibility index (Phi) is 4.53. The molecule has 0 bridgehead atoms. The van der Waals surface area contributed by atoms with Crippen molar-refractivity contribution >= 4 is 23.2 Å². The Morgan fingerprint density at radius 1 is 0.852 bits per heavy atom. The average Bonchev–Trinajstić information content (AvgIpc) is 2.98. The summed E-state index contributed by atoms with van der Waals surface area (Å²) in [6.45, 7) is 2.74. The Hall–Kier alpha value is -2.93. The highest BCUT2D eigenvalue weighted by molar-refractivity contribution is 6.22. The van der Waals surface area contributed by atoms with Crippen LogP contribution in [0.2, 0.25) is 0 Å². The fourth-order valence-electron chi connectivity index (χ4n) is 3.72. The molecule has 4 rings (SSSR count). The number of phenolic OH excluding ortho intramolecular Hbond substituents is 1. The molecule has 0 saturated carbocycles. The van der Waals surface area contributed by atoms with Crippen molar-refractivity contribution in [2.45, 2.75) is 12.5 Å². The highest BCUT2D eigenvalue weighted by Gasteiger charge is 2.43. The third kappa shape index (κ3) is 3.38. The van der Waals surface area contributed by atoms with Gasteiger partial charge in [-0.2, -0.15) is 0 Å². The number of rotatable bonds is 3. The van der Waals surface area contributed by atoms with Gasteiger partial charge in [0.1, 0.15) is 11.6 Å². The van der Waals surface area contributed by atoms with E-state index in [1.165, 1.54) is 29.2 Å². The third-order valence-corrected chi connectivity index (χ3v) is 5.18. The molecule has 0 unspecified atom stereocenters. The maximum Gasteiger partial charge on any atom is 0.251 e. The summed E-state index contributed by atoms with van der Waals surface area (Å²) in [6.07, 6.45) is 0.163. The van der Waals surface area contributed by atoms with E-state index in [-0.39, 0.29) is 29.8 Å². The van der Waals surface area contributed by atoms with Crippen molar-refractivity contribution in [1.82, 2.24) is 4.90 Å². The van der Waals surface area contributed by atoms with Crippen LogP contribution in [0, 0.1) is 5.82 Å². The van der Waals surface area contributed by atoms with E-state index in [0.717, 1.165) is 5.69 Å². The summed E-state index contributed by atoms with van der Waals surface area (Å²) < 4.78 is 13.1. The molecule has 2 heterocycles. The Balaban J connectivity index is 1.43. The van der Waals surface area contributed by atoms with E-state index >= 15 is 0 Å². The molecule has 2 saturated heterocycles. The first kappa shape index (κ1) is 17.5. The molecule has 140 valence electrons. The second-order valence-corrected chi connectivity index (χ2v) is 6.80. The third-order valence-electron chi connectivity index (χ3n) is 5.18. The van der Waals surface area contributed by atoms with Crippen molar-refractivity contribution in [3.63, 3.8) is 0 Å². The molecule has 2 amide bonds. The van der Waals surface area contributed by atoms with Gasteiger partial charge in [-0.1, -0.05) is 0 Å². The Labute approximate surface area is 156 Å². The highest BCUT2D eigenvalue weighted by Crippen LogP contribution is 2.28. The molecule has 1 atom stereocenters. The number of carbonyl (C=O) groups excluding carboxylic acids is 2. The molecule has 1 N–H and O–H groups in total. The molecule has 2 aromatic carbocycles. The fraction of sp³-hybridized carbons (Fsp3) is 0.300. The summed E-state index contributed by atoms with van der Waals surface area (Å²) in [5.74, 6) is -0.620. The molecule has 2 aliphatic heterocycles. The summed E-state index contributed by atoms with van der Waals surface area (Å²) in [4.78, 5) is 30.6. The number of aromatic hydroxyl groups is 1. The second-order valence-electron chi connectivity index (χ2n) is 6.80. The number of anilines is 2. The molecule has 0 aliphatic carbocycles. The van der Waals surface area contributed by atoms with E-state index in [4.69, 9.17) is 0 Å². The maximum absolute atomic E-state index is 13.1. The molecule has 7 heteroatoms. The van der Waals surface area contributed by atoms with Crippen molar-refractivity contribution in [2.75, 3.05) is 36.0 Å². The van der Waals surface area contributed by atoms with Crippen molar-refractivity contribution in [3.8, 4) is 5.75 Å².